The van der Waals surface area contributed by atoms with Gasteiger partial charge in [-0.15, -0.1) is 0 Å². The first-order chi connectivity index (χ1) is 19.7. The van der Waals surface area contributed by atoms with Crippen LogP contribution in [-0.2, 0) is 4.79 Å². The predicted molar refractivity (Wildman–Crippen MR) is 152 cm³/mol. The molecule has 6 rings (SSSR count). The van der Waals surface area contributed by atoms with Crippen LogP contribution in [0.5, 0.6) is 0 Å². The molecule has 0 bridgehead atoms. The SMILES string of the molecule is CCN(CC)c1ccc2nc3c4c(-c5ccccc5)cccc4c(=[N+]4CCCC4)cc-3oc2c1.O=C([O-])C(F)(F)F. The number of aliphatic carboxylic acids is 1. The first-order valence-electron chi connectivity index (χ1n) is 13.7. The van der Waals surface area contributed by atoms with Crippen molar-refractivity contribution in [1.82, 2.24) is 9.56 Å². The van der Waals surface area contributed by atoms with Crippen LogP contribution in [0.3, 0.4) is 0 Å². The van der Waals surface area contributed by atoms with Crippen LogP contribution in [0.1, 0.15) is 26.7 Å². The minimum Gasteiger partial charge on any atom is -0.542 e. The van der Waals surface area contributed by atoms with Crippen molar-refractivity contribution in [2.75, 3.05) is 31.1 Å². The van der Waals surface area contributed by atoms with Crippen molar-refractivity contribution in [1.29, 1.82) is 0 Å². The largest absolute Gasteiger partial charge is 0.542 e. The second kappa shape index (κ2) is 11.6. The summed E-state index contributed by atoms with van der Waals surface area (Å²) in [7, 11) is 0. The maximum atomic E-state index is 10.5. The molecule has 0 radical (unpaired) electrons. The fraction of sp³-hybridized carbons (Fsp3) is 0.281. The fourth-order valence-corrected chi connectivity index (χ4v) is 5.38. The Balaban J connectivity index is 0.000000431. The van der Waals surface area contributed by atoms with Crippen molar-refractivity contribution in [2.45, 2.75) is 32.9 Å². The monoisotopic (exact) mass is 561 g/mol. The molecule has 3 aliphatic rings. The molecular weight excluding hydrogens is 531 g/mol. The van der Waals surface area contributed by atoms with Gasteiger partial charge in [-0.3, -0.25) is 0 Å². The van der Waals surface area contributed by atoms with Gasteiger partial charge in [0.1, 0.15) is 30.3 Å². The molecule has 1 fully saturated rings. The highest BCUT2D eigenvalue weighted by Gasteiger charge is 2.29. The molecule has 6 nitrogen and oxygen atoms in total. The number of fused-ring (bicyclic) bond motifs is 4. The molecule has 2 aliphatic heterocycles. The van der Waals surface area contributed by atoms with Gasteiger partial charge in [0.2, 0.25) is 5.36 Å². The lowest BCUT2D eigenvalue weighted by Crippen LogP contribution is -2.37. The predicted octanol–water partition coefficient (Wildman–Crippen LogP) is 5.46. The molecule has 0 unspecified atom stereocenters. The lowest BCUT2D eigenvalue weighted by molar-refractivity contribution is -0.344. The highest BCUT2D eigenvalue weighted by molar-refractivity contribution is 6.06. The molecule has 2 heterocycles. The van der Waals surface area contributed by atoms with Crippen LogP contribution in [0.25, 0.3) is 44.5 Å². The normalized spacial score (nSPS) is 13.4. The number of benzene rings is 4. The molecule has 0 saturated carbocycles. The Morgan fingerprint density at radius 2 is 1.66 bits per heavy atom. The molecule has 0 spiro atoms. The quantitative estimate of drug-likeness (QED) is 0.166. The highest BCUT2D eigenvalue weighted by Crippen LogP contribution is 2.37. The van der Waals surface area contributed by atoms with Crippen molar-refractivity contribution in [3.63, 3.8) is 0 Å². The van der Waals surface area contributed by atoms with Gasteiger partial charge in [-0.1, -0.05) is 42.5 Å². The van der Waals surface area contributed by atoms with Crippen LogP contribution in [0.15, 0.2) is 77.2 Å². The number of carboxylic acids is 1. The van der Waals surface area contributed by atoms with Gasteiger partial charge in [0.05, 0.1) is 11.5 Å². The summed E-state index contributed by atoms with van der Waals surface area (Å²) in [5.41, 5.74) is 6.23. The molecule has 41 heavy (non-hydrogen) atoms. The average molecular weight is 562 g/mol. The van der Waals surface area contributed by atoms with Gasteiger partial charge in [0.15, 0.2) is 11.3 Å². The second-order valence-electron chi connectivity index (χ2n) is 9.85. The summed E-state index contributed by atoms with van der Waals surface area (Å²) in [6, 6.07) is 25.8. The van der Waals surface area contributed by atoms with E-state index in [1.54, 1.807) is 0 Å². The van der Waals surface area contributed by atoms with Gasteiger partial charge in [-0.2, -0.15) is 13.2 Å². The van der Waals surface area contributed by atoms with Crippen molar-refractivity contribution in [3.8, 4) is 22.6 Å². The zero-order valence-electron chi connectivity index (χ0n) is 22.9. The zero-order valence-corrected chi connectivity index (χ0v) is 22.9. The van der Waals surface area contributed by atoms with Crippen LogP contribution in [0.2, 0.25) is 0 Å². The molecule has 0 amide bonds. The highest BCUT2D eigenvalue weighted by atomic mass is 19.4. The van der Waals surface area contributed by atoms with Crippen LogP contribution < -0.4 is 19.9 Å². The molecular formula is C32H30F3N3O3. The third kappa shape index (κ3) is 5.75. The summed E-state index contributed by atoms with van der Waals surface area (Å²) < 4.78 is 40.7. The van der Waals surface area contributed by atoms with E-state index in [1.165, 1.54) is 45.8 Å². The van der Waals surface area contributed by atoms with Crippen molar-refractivity contribution in [2.24, 2.45) is 0 Å². The van der Waals surface area contributed by atoms with Crippen LogP contribution in [0.4, 0.5) is 18.9 Å². The third-order valence-corrected chi connectivity index (χ3v) is 7.37. The first kappa shape index (κ1) is 28.1. The number of anilines is 1. The molecule has 3 aromatic carbocycles. The number of rotatable bonds is 4. The Bertz CT molecular complexity index is 1730. The summed E-state index contributed by atoms with van der Waals surface area (Å²) >= 11 is 0. The molecule has 1 saturated heterocycles. The van der Waals surface area contributed by atoms with Gasteiger partial charge in [0.25, 0.3) is 0 Å². The lowest BCUT2D eigenvalue weighted by atomic mass is 9.94. The number of carbonyl (C=O) groups is 1. The smallest absolute Gasteiger partial charge is 0.430 e. The van der Waals surface area contributed by atoms with Crippen molar-refractivity contribution < 1.29 is 27.5 Å². The maximum Gasteiger partial charge on any atom is 0.430 e. The van der Waals surface area contributed by atoms with Crippen molar-refractivity contribution in [3.05, 3.63) is 78.2 Å². The van der Waals surface area contributed by atoms with Gasteiger partial charge in [-0.05, 0) is 43.2 Å². The summed E-state index contributed by atoms with van der Waals surface area (Å²) in [6.07, 6.45) is -2.73. The van der Waals surface area contributed by atoms with Crippen LogP contribution >= 0.6 is 0 Å². The zero-order chi connectivity index (χ0) is 29.1. The van der Waals surface area contributed by atoms with E-state index >= 15 is 0 Å². The molecule has 1 aliphatic carbocycles. The molecule has 9 heteroatoms. The Kier molecular flexibility index (Phi) is 7.97. The topological polar surface area (TPSA) is 72.4 Å². The number of hydrogen-bond acceptors (Lipinski definition) is 5. The molecule has 0 atom stereocenters. The van der Waals surface area contributed by atoms with Gasteiger partial charge in [-0.25, -0.2) is 9.56 Å². The Morgan fingerprint density at radius 3 is 2.29 bits per heavy atom. The minimum absolute atomic E-state index is 0.834. The lowest BCUT2D eigenvalue weighted by Gasteiger charge is -2.21. The van der Waals surface area contributed by atoms with Gasteiger partial charge < -0.3 is 19.2 Å². The Hall–Kier alpha value is -4.40. The summed E-state index contributed by atoms with van der Waals surface area (Å²) in [5.74, 6) is -2.16. The van der Waals surface area contributed by atoms with Gasteiger partial charge >= 0.3 is 6.18 Å². The Morgan fingerprint density at radius 1 is 0.976 bits per heavy atom. The fourth-order valence-electron chi connectivity index (χ4n) is 5.38. The van der Waals surface area contributed by atoms with E-state index < -0.39 is 12.1 Å². The van der Waals surface area contributed by atoms with Crippen LogP contribution in [0, 0.1) is 0 Å². The molecule has 212 valence electrons. The number of halogens is 3. The van der Waals surface area contributed by atoms with Crippen molar-refractivity contribution >= 4 is 33.5 Å². The van der Waals surface area contributed by atoms with E-state index in [0.29, 0.717) is 0 Å². The van der Waals surface area contributed by atoms with Gasteiger partial charge in [0, 0.05) is 43.1 Å². The van der Waals surface area contributed by atoms with E-state index in [9.17, 15) is 13.2 Å². The average Bonchev–Trinajstić information content (AvgIpc) is 3.51. The van der Waals surface area contributed by atoms with E-state index in [-0.39, 0.29) is 0 Å². The van der Waals surface area contributed by atoms with E-state index in [2.05, 4.69) is 96.1 Å². The number of alkyl halides is 3. The molecule has 0 N–H and O–H groups in total. The summed E-state index contributed by atoms with van der Waals surface area (Å²) in [4.78, 5) is 16.3. The standard InChI is InChI=1S/C30H30N3O.C2HF3O2/c1-3-32(4-2)22-15-16-25-27(19-22)34-28-20-26(33-17-8-9-18-33)24-14-10-13-23(29(24)30(28)31-25)21-11-6-5-7-12-21;3-2(4,5)1(6)7/h5-7,10-16,19-20H,3-4,8-9,17-18H2,1-2H3;(H,6,7)/q+1;/p-1. The van der Waals surface area contributed by atoms with E-state index in [0.717, 1.165) is 48.7 Å². The maximum absolute atomic E-state index is 10.5. The second-order valence-corrected chi connectivity index (χ2v) is 9.85. The number of carboxylic acid groups (broad SMARTS) is 1. The first-order valence-corrected chi connectivity index (χ1v) is 13.7. The summed E-state index contributed by atoms with van der Waals surface area (Å²) in [6.45, 7) is 8.47. The number of nitrogens with zero attached hydrogens (tertiary/aromatic N) is 3. The van der Waals surface area contributed by atoms with Crippen LogP contribution in [-0.4, -0.2) is 43.3 Å². The minimum atomic E-state index is -5.19. The summed E-state index contributed by atoms with van der Waals surface area (Å²) in [5, 5.41) is 12.5. The third-order valence-electron chi connectivity index (χ3n) is 7.37. The number of aromatic nitrogens is 1. The Labute approximate surface area is 235 Å². The molecule has 3 aromatic rings. The van der Waals surface area contributed by atoms with E-state index in [1.807, 2.05) is 0 Å². The van der Waals surface area contributed by atoms with E-state index in [4.69, 9.17) is 19.3 Å². The number of hydrogen-bond donors (Lipinski definition) is 0. The number of carbonyl (C=O) groups excluding carboxylic acids is 1. The molecule has 0 aromatic heterocycles.